The number of aryl methyl sites for hydroxylation is 8. The van der Waals surface area contributed by atoms with Gasteiger partial charge in [-0.05, 0) is 181 Å². The summed E-state index contributed by atoms with van der Waals surface area (Å²) in [5.41, 5.74) is 18.0. The van der Waals surface area contributed by atoms with Crippen molar-refractivity contribution >= 4 is 44.9 Å². The minimum atomic E-state index is 1.02. The van der Waals surface area contributed by atoms with Crippen molar-refractivity contribution in [3.63, 3.8) is 0 Å². The molecule has 6 rings (SSSR count). The van der Waals surface area contributed by atoms with E-state index in [-0.39, 0.29) is 0 Å². The molecule has 6 aromatic rings. The fourth-order valence-electron chi connectivity index (χ4n) is 6.97. The van der Waals surface area contributed by atoms with Gasteiger partial charge in [0.15, 0.2) is 0 Å². The van der Waals surface area contributed by atoms with Gasteiger partial charge in [0.1, 0.15) is 0 Å². The van der Waals surface area contributed by atoms with E-state index in [4.69, 9.17) is 0 Å². The van der Waals surface area contributed by atoms with Crippen LogP contribution >= 0.6 is 0 Å². The van der Waals surface area contributed by atoms with Gasteiger partial charge < -0.3 is 9.80 Å². The van der Waals surface area contributed by atoms with Crippen molar-refractivity contribution in [1.82, 2.24) is 0 Å². The maximum absolute atomic E-state index is 2.42. The van der Waals surface area contributed by atoms with Gasteiger partial charge in [-0.3, -0.25) is 0 Å². The molecule has 0 bridgehead atoms. The van der Waals surface area contributed by atoms with E-state index in [2.05, 4.69) is 174 Å². The van der Waals surface area contributed by atoms with Crippen molar-refractivity contribution in [1.29, 1.82) is 0 Å². The Morgan fingerprint density at radius 3 is 0.979 bits per heavy atom. The predicted molar refractivity (Wildman–Crippen MR) is 210 cm³/mol. The monoisotopic (exact) mass is 630 g/mol. The van der Waals surface area contributed by atoms with E-state index in [0.717, 1.165) is 25.7 Å². The third-order valence-electron chi connectivity index (χ3n) is 10.2. The molecule has 0 fully saturated rings. The Bertz CT molecular complexity index is 1940. The molecule has 6 aromatic carbocycles. The second-order valence-electron chi connectivity index (χ2n) is 13.2. The highest BCUT2D eigenvalue weighted by molar-refractivity contribution is 5.93. The minimum absolute atomic E-state index is 1.02. The van der Waals surface area contributed by atoms with Crippen LogP contribution in [0.4, 0.5) is 34.1 Å². The van der Waals surface area contributed by atoms with Gasteiger partial charge in [0.25, 0.3) is 0 Å². The molecule has 0 aliphatic rings. The maximum Gasteiger partial charge on any atom is 0.0468 e. The second kappa shape index (κ2) is 14.1. The number of rotatable bonds is 10. The van der Waals surface area contributed by atoms with Crippen LogP contribution < -0.4 is 9.80 Å². The molecule has 2 heteroatoms. The van der Waals surface area contributed by atoms with E-state index in [1.807, 2.05) is 0 Å². The van der Waals surface area contributed by atoms with Gasteiger partial charge in [0.2, 0.25) is 0 Å². The van der Waals surface area contributed by atoms with Crippen molar-refractivity contribution in [2.24, 2.45) is 0 Å². The minimum Gasteiger partial charge on any atom is -0.310 e. The lowest BCUT2D eigenvalue weighted by molar-refractivity contribution is 1.03. The standard InChI is InChI=1S/C46H50N2/c1-9-35-15-21-43(27-37(35)11-3)47(41-19-13-31(5)33(7)25-41)45-23-17-40-30-46(24-18-39(40)29-45)48(42-20-14-32(6)34(8)26-42)44-22-16-36(10-2)38(12-4)28-44/h13-30H,9-12H2,1-8H3. The first kappa shape index (κ1) is 33.1. The Morgan fingerprint density at radius 1 is 0.312 bits per heavy atom. The first-order valence-corrected chi connectivity index (χ1v) is 17.8. The normalized spacial score (nSPS) is 11.2. The van der Waals surface area contributed by atoms with Crippen molar-refractivity contribution in [3.05, 3.63) is 154 Å². The summed E-state index contributed by atoms with van der Waals surface area (Å²) >= 11 is 0. The Balaban J connectivity index is 1.48. The summed E-state index contributed by atoms with van der Waals surface area (Å²) in [5.74, 6) is 0. The van der Waals surface area contributed by atoms with Crippen LogP contribution in [0.5, 0.6) is 0 Å². The molecule has 0 spiro atoms. The molecule has 0 amide bonds. The van der Waals surface area contributed by atoms with E-state index >= 15 is 0 Å². The largest absolute Gasteiger partial charge is 0.310 e. The summed E-state index contributed by atoms with van der Waals surface area (Å²) < 4.78 is 0. The quantitative estimate of drug-likeness (QED) is 0.149. The lowest BCUT2D eigenvalue weighted by atomic mass is 10.00. The second-order valence-corrected chi connectivity index (χ2v) is 13.2. The number of fused-ring (bicyclic) bond motifs is 1. The van der Waals surface area contributed by atoms with E-state index in [0.29, 0.717) is 0 Å². The van der Waals surface area contributed by atoms with Gasteiger partial charge >= 0.3 is 0 Å². The first-order valence-electron chi connectivity index (χ1n) is 17.8. The average Bonchev–Trinajstić information content (AvgIpc) is 3.11. The number of benzene rings is 6. The number of nitrogens with zero attached hydrogens (tertiary/aromatic N) is 2. The van der Waals surface area contributed by atoms with Gasteiger partial charge in [-0.25, -0.2) is 0 Å². The average molecular weight is 631 g/mol. The Labute approximate surface area is 288 Å². The topological polar surface area (TPSA) is 6.48 Å². The Hall–Kier alpha value is -4.82. The first-order chi connectivity index (χ1) is 23.2. The smallest absolute Gasteiger partial charge is 0.0468 e. The van der Waals surface area contributed by atoms with Crippen LogP contribution in [0.1, 0.15) is 72.2 Å². The Kier molecular flexibility index (Phi) is 9.73. The number of anilines is 6. The molecule has 0 aromatic heterocycles. The van der Waals surface area contributed by atoms with Crippen molar-refractivity contribution in [3.8, 4) is 0 Å². The van der Waals surface area contributed by atoms with Gasteiger partial charge in [0.05, 0.1) is 0 Å². The Morgan fingerprint density at radius 2 is 0.625 bits per heavy atom. The molecule has 0 radical (unpaired) electrons. The molecular formula is C46H50N2. The lowest BCUT2D eigenvalue weighted by Gasteiger charge is -2.28. The molecular weight excluding hydrogens is 581 g/mol. The lowest BCUT2D eigenvalue weighted by Crippen LogP contribution is -2.12. The molecule has 2 nitrogen and oxygen atoms in total. The van der Waals surface area contributed by atoms with E-state index in [1.165, 1.54) is 89.4 Å². The highest BCUT2D eigenvalue weighted by atomic mass is 15.1. The summed E-state index contributed by atoms with van der Waals surface area (Å²) in [5, 5.41) is 2.45. The number of hydrogen-bond acceptors (Lipinski definition) is 2. The third kappa shape index (κ3) is 6.49. The molecule has 0 heterocycles. The third-order valence-corrected chi connectivity index (χ3v) is 10.2. The van der Waals surface area contributed by atoms with E-state index in [1.54, 1.807) is 0 Å². The zero-order valence-corrected chi connectivity index (χ0v) is 30.1. The molecule has 48 heavy (non-hydrogen) atoms. The summed E-state index contributed by atoms with van der Waals surface area (Å²) in [4.78, 5) is 4.84. The summed E-state index contributed by atoms with van der Waals surface area (Å²) in [6, 6.07) is 41.4. The zero-order valence-electron chi connectivity index (χ0n) is 30.1. The van der Waals surface area contributed by atoms with Gasteiger partial charge in [-0.2, -0.15) is 0 Å². The van der Waals surface area contributed by atoms with Crippen LogP contribution in [0.3, 0.4) is 0 Å². The molecule has 244 valence electrons. The summed E-state index contributed by atoms with van der Waals surface area (Å²) in [6.07, 6.45) is 4.15. The molecule has 0 aliphatic heterocycles. The van der Waals surface area contributed by atoms with Crippen LogP contribution in [0.2, 0.25) is 0 Å². The highest BCUT2D eigenvalue weighted by Crippen LogP contribution is 2.41. The molecule has 0 atom stereocenters. The number of hydrogen-bond donors (Lipinski definition) is 0. The summed E-state index contributed by atoms with van der Waals surface area (Å²) in [7, 11) is 0. The summed E-state index contributed by atoms with van der Waals surface area (Å²) in [6.45, 7) is 17.8. The molecule has 0 saturated carbocycles. The maximum atomic E-state index is 2.42. The SMILES string of the molecule is CCc1ccc(N(c2ccc(C)c(C)c2)c2ccc3cc(N(c4ccc(C)c(C)c4)c4ccc(CC)c(CC)c4)ccc3c2)cc1CC. The van der Waals surface area contributed by atoms with Crippen molar-refractivity contribution in [2.75, 3.05) is 9.80 Å². The molecule has 0 unspecified atom stereocenters. The van der Waals surface area contributed by atoms with Crippen LogP contribution in [0, 0.1) is 27.7 Å². The van der Waals surface area contributed by atoms with Crippen molar-refractivity contribution < 1.29 is 0 Å². The fourth-order valence-corrected chi connectivity index (χ4v) is 6.97. The van der Waals surface area contributed by atoms with Gasteiger partial charge in [-0.15, -0.1) is 0 Å². The van der Waals surface area contributed by atoms with E-state index in [9.17, 15) is 0 Å². The van der Waals surface area contributed by atoms with Crippen LogP contribution in [-0.4, -0.2) is 0 Å². The fraction of sp³-hybridized carbons (Fsp3) is 0.261. The van der Waals surface area contributed by atoms with Crippen LogP contribution in [0.25, 0.3) is 10.8 Å². The molecule has 0 aliphatic carbocycles. The molecule has 0 saturated heterocycles. The van der Waals surface area contributed by atoms with Crippen molar-refractivity contribution in [2.45, 2.75) is 81.1 Å². The van der Waals surface area contributed by atoms with Gasteiger partial charge in [-0.1, -0.05) is 64.1 Å². The van der Waals surface area contributed by atoms with Crippen LogP contribution in [0.15, 0.2) is 109 Å². The molecule has 0 N–H and O–H groups in total. The predicted octanol–water partition coefficient (Wildman–Crippen LogP) is 13.3. The highest BCUT2D eigenvalue weighted by Gasteiger charge is 2.18. The van der Waals surface area contributed by atoms with E-state index < -0.39 is 0 Å². The van der Waals surface area contributed by atoms with Crippen LogP contribution in [-0.2, 0) is 25.7 Å². The zero-order chi connectivity index (χ0) is 33.9. The van der Waals surface area contributed by atoms with Gasteiger partial charge in [0, 0.05) is 34.1 Å².